The lowest BCUT2D eigenvalue weighted by atomic mass is 10.2. The smallest absolute Gasteiger partial charge is 0.242 e. The van der Waals surface area contributed by atoms with E-state index in [4.69, 9.17) is 12.2 Å². The van der Waals surface area contributed by atoms with Crippen molar-refractivity contribution < 1.29 is 8.42 Å². The number of halogens is 1. The van der Waals surface area contributed by atoms with Gasteiger partial charge in [-0.15, -0.1) is 6.42 Å². The summed E-state index contributed by atoms with van der Waals surface area (Å²) in [5, 5.41) is 0. The van der Waals surface area contributed by atoms with E-state index in [2.05, 4.69) is 26.6 Å². The fraction of sp³-hybridized carbons (Fsp3) is 0.385. The topological polar surface area (TPSA) is 72.2 Å². The van der Waals surface area contributed by atoms with Crippen molar-refractivity contribution in [3.63, 3.8) is 0 Å². The number of nitrogens with one attached hydrogen (secondary N) is 1. The zero-order chi connectivity index (χ0) is 14.6. The average molecular weight is 345 g/mol. The van der Waals surface area contributed by atoms with Crippen LogP contribution in [0.15, 0.2) is 21.5 Å². The van der Waals surface area contributed by atoms with Gasteiger partial charge in [0.05, 0.1) is 10.9 Å². The minimum Gasteiger partial charge on any atom is -0.398 e. The quantitative estimate of drug-likeness (QED) is 0.636. The zero-order valence-electron chi connectivity index (χ0n) is 10.9. The summed E-state index contributed by atoms with van der Waals surface area (Å²) in [5.74, 6) is 2.44. The Morgan fingerprint density at radius 2 is 2.16 bits per heavy atom. The van der Waals surface area contributed by atoms with Crippen LogP contribution in [0.2, 0.25) is 0 Å². The summed E-state index contributed by atoms with van der Waals surface area (Å²) in [6.45, 7) is 3.61. The van der Waals surface area contributed by atoms with Gasteiger partial charge in [-0.25, -0.2) is 8.42 Å². The normalized spacial score (nSPS) is 12.9. The summed E-state index contributed by atoms with van der Waals surface area (Å²) in [4.78, 5) is 0.149. The molecule has 1 atom stereocenters. The third-order valence-corrected chi connectivity index (χ3v) is 4.79. The van der Waals surface area contributed by atoms with E-state index in [0.29, 0.717) is 22.1 Å². The number of sulfonamides is 1. The lowest BCUT2D eigenvalue weighted by Gasteiger charge is -2.15. The summed E-state index contributed by atoms with van der Waals surface area (Å²) >= 11 is 3.24. The molecule has 3 N–H and O–H groups in total. The number of nitrogens with two attached hydrogens (primary N) is 1. The van der Waals surface area contributed by atoms with Crippen molar-refractivity contribution in [1.82, 2.24) is 4.72 Å². The van der Waals surface area contributed by atoms with Gasteiger partial charge in [-0.1, -0.05) is 35.2 Å². The molecular formula is C13H17BrN2O2S. The number of rotatable bonds is 5. The molecule has 19 heavy (non-hydrogen) atoms. The van der Waals surface area contributed by atoms with Crippen molar-refractivity contribution in [2.75, 3.05) is 5.73 Å². The molecule has 0 fully saturated rings. The van der Waals surface area contributed by atoms with E-state index in [1.165, 1.54) is 6.07 Å². The van der Waals surface area contributed by atoms with E-state index in [1.54, 1.807) is 13.0 Å². The maximum atomic E-state index is 12.3. The number of terminal acetylenes is 1. The molecule has 0 aliphatic carbocycles. The molecule has 6 heteroatoms. The van der Waals surface area contributed by atoms with Crippen LogP contribution in [0.4, 0.5) is 5.69 Å². The number of anilines is 1. The Hall–Kier alpha value is -1.03. The Labute approximate surface area is 123 Å². The SMILES string of the molecule is C#CC(CCC)NS(=O)(=O)c1cc(Br)cc(N)c1C. The Bertz CT molecular complexity index is 606. The first-order valence-corrected chi connectivity index (χ1v) is 8.13. The Morgan fingerprint density at radius 1 is 1.53 bits per heavy atom. The first kappa shape index (κ1) is 16.0. The van der Waals surface area contributed by atoms with E-state index in [9.17, 15) is 8.42 Å². The highest BCUT2D eigenvalue weighted by Gasteiger charge is 2.21. The van der Waals surface area contributed by atoms with Crippen molar-refractivity contribution in [2.45, 2.75) is 37.6 Å². The van der Waals surface area contributed by atoms with E-state index >= 15 is 0 Å². The second-order valence-corrected chi connectivity index (χ2v) is 6.85. The van der Waals surface area contributed by atoms with Gasteiger partial charge in [-0.05, 0) is 31.0 Å². The van der Waals surface area contributed by atoms with Crippen molar-refractivity contribution >= 4 is 31.6 Å². The maximum absolute atomic E-state index is 12.3. The Morgan fingerprint density at radius 3 is 2.68 bits per heavy atom. The standard InChI is InChI=1S/C13H17BrN2O2S/c1-4-6-11(5-2)16-19(17,18)13-8-10(14)7-12(15)9(13)3/h2,7-8,11,16H,4,6,15H2,1,3H3. The molecule has 0 bridgehead atoms. The van der Waals surface area contributed by atoms with Gasteiger partial charge >= 0.3 is 0 Å². The largest absolute Gasteiger partial charge is 0.398 e. The summed E-state index contributed by atoms with van der Waals surface area (Å²) in [6, 6.07) is 2.68. The third-order valence-electron chi connectivity index (χ3n) is 2.73. The lowest BCUT2D eigenvalue weighted by Crippen LogP contribution is -2.34. The lowest BCUT2D eigenvalue weighted by molar-refractivity contribution is 0.564. The van der Waals surface area contributed by atoms with Crippen LogP contribution in [0.3, 0.4) is 0 Å². The fourth-order valence-corrected chi connectivity index (χ4v) is 3.79. The van der Waals surface area contributed by atoms with Crippen molar-refractivity contribution in [3.05, 3.63) is 22.2 Å². The molecule has 0 saturated carbocycles. The molecular weight excluding hydrogens is 328 g/mol. The molecule has 0 aliphatic rings. The van der Waals surface area contributed by atoms with Gasteiger partial charge in [0.2, 0.25) is 10.0 Å². The zero-order valence-corrected chi connectivity index (χ0v) is 13.3. The second kappa shape index (κ2) is 6.42. The molecule has 0 amide bonds. The molecule has 4 nitrogen and oxygen atoms in total. The predicted molar refractivity (Wildman–Crippen MR) is 81.1 cm³/mol. The van der Waals surface area contributed by atoms with Crippen LogP contribution in [0.1, 0.15) is 25.3 Å². The van der Waals surface area contributed by atoms with Crippen molar-refractivity contribution in [3.8, 4) is 12.3 Å². The summed E-state index contributed by atoms with van der Waals surface area (Å²) < 4.78 is 27.8. The van der Waals surface area contributed by atoms with Crippen LogP contribution in [-0.2, 0) is 10.0 Å². The van der Waals surface area contributed by atoms with Gasteiger partial charge in [0.1, 0.15) is 0 Å². The molecule has 1 aromatic carbocycles. The maximum Gasteiger partial charge on any atom is 0.242 e. The van der Waals surface area contributed by atoms with Crippen LogP contribution in [0.25, 0.3) is 0 Å². The molecule has 0 aromatic heterocycles. The summed E-state index contributed by atoms with van der Waals surface area (Å²) in [6.07, 6.45) is 6.73. The van der Waals surface area contributed by atoms with Crippen LogP contribution in [-0.4, -0.2) is 14.5 Å². The summed E-state index contributed by atoms with van der Waals surface area (Å²) in [7, 11) is -3.67. The number of nitrogen functional groups attached to an aromatic ring is 1. The van der Waals surface area contributed by atoms with Gasteiger partial charge in [0.25, 0.3) is 0 Å². The third kappa shape index (κ3) is 3.96. The molecule has 0 saturated heterocycles. The minimum absolute atomic E-state index is 0.149. The molecule has 0 aliphatic heterocycles. The predicted octanol–water partition coefficient (Wildman–Crippen LogP) is 2.42. The number of benzene rings is 1. The van der Waals surface area contributed by atoms with Crippen LogP contribution in [0.5, 0.6) is 0 Å². The van der Waals surface area contributed by atoms with Crippen molar-refractivity contribution in [1.29, 1.82) is 0 Å². The first-order chi connectivity index (χ1) is 8.81. The van der Waals surface area contributed by atoms with E-state index in [-0.39, 0.29) is 4.90 Å². The molecule has 104 valence electrons. The fourth-order valence-electron chi connectivity index (χ4n) is 1.67. The van der Waals surface area contributed by atoms with Gasteiger partial charge in [0.15, 0.2) is 0 Å². The van der Waals surface area contributed by atoms with Crippen molar-refractivity contribution in [2.24, 2.45) is 0 Å². The second-order valence-electron chi connectivity index (χ2n) is 4.25. The molecule has 0 radical (unpaired) electrons. The highest BCUT2D eigenvalue weighted by molar-refractivity contribution is 9.10. The number of hydrogen-bond acceptors (Lipinski definition) is 3. The van der Waals surface area contributed by atoms with Gasteiger partial charge in [0, 0.05) is 10.2 Å². The van der Waals surface area contributed by atoms with Gasteiger partial charge in [-0.2, -0.15) is 4.72 Å². The number of hydrogen-bond donors (Lipinski definition) is 2. The molecule has 1 unspecified atom stereocenters. The monoisotopic (exact) mass is 344 g/mol. The first-order valence-electron chi connectivity index (χ1n) is 5.86. The molecule has 0 heterocycles. The van der Waals surface area contributed by atoms with Gasteiger partial charge in [-0.3, -0.25) is 0 Å². The minimum atomic E-state index is -3.67. The molecule has 1 rings (SSSR count). The Balaban J connectivity index is 3.18. The highest BCUT2D eigenvalue weighted by Crippen LogP contribution is 2.26. The van der Waals surface area contributed by atoms with E-state index in [0.717, 1.165) is 6.42 Å². The van der Waals surface area contributed by atoms with Crippen LogP contribution < -0.4 is 10.5 Å². The van der Waals surface area contributed by atoms with Crippen LogP contribution in [0, 0.1) is 19.3 Å². The highest BCUT2D eigenvalue weighted by atomic mass is 79.9. The van der Waals surface area contributed by atoms with Crippen LogP contribution >= 0.6 is 15.9 Å². The van der Waals surface area contributed by atoms with Gasteiger partial charge < -0.3 is 5.73 Å². The molecule has 0 spiro atoms. The van der Waals surface area contributed by atoms with E-state index in [1.807, 2.05) is 6.92 Å². The Kier molecular flexibility index (Phi) is 5.41. The molecule has 1 aromatic rings. The summed E-state index contributed by atoms with van der Waals surface area (Å²) in [5.41, 5.74) is 6.71. The van der Waals surface area contributed by atoms with E-state index < -0.39 is 16.1 Å². The average Bonchev–Trinajstić information content (AvgIpc) is 2.32.